The van der Waals surface area contributed by atoms with Gasteiger partial charge in [0.05, 0.1) is 10.4 Å². The lowest BCUT2D eigenvalue weighted by molar-refractivity contribution is 0.407. The summed E-state index contributed by atoms with van der Waals surface area (Å²) in [5.41, 5.74) is 1.85. The first-order valence-corrected chi connectivity index (χ1v) is 8.62. The summed E-state index contributed by atoms with van der Waals surface area (Å²) in [6, 6.07) is 4.67. The topological polar surface area (TPSA) is 79.0 Å². The molecule has 0 saturated carbocycles. The van der Waals surface area contributed by atoms with Crippen LogP contribution in [0.4, 0.5) is 0 Å². The summed E-state index contributed by atoms with van der Waals surface area (Å²) < 4.78 is 27.6. The van der Waals surface area contributed by atoms with E-state index in [-0.39, 0.29) is 15.9 Å². The average molecular weight is 322 g/mol. The fourth-order valence-electron chi connectivity index (χ4n) is 2.21. The van der Waals surface area contributed by atoms with Crippen LogP contribution in [0, 0.1) is 19.3 Å². The molecular formula is C16H22N2O3S. The van der Waals surface area contributed by atoms with Crippen LogP contribution in [-0.4, -0.2) is 19.9 Å². The highest BCUT2D eigenvalue weighted by atomic mass is 32.2. The second-order valence-electron chi connectivity index (χ2n) is 6.86. The number of hydrogen-bond acceptors (Lipinski definition) is 3. The van der Waals surface area contributed by atoms with E-state index < -0.39 is 10.0 Å². The Balaban J connectivity index is 2.56. The van der Waals surface area contributed by atoms with Gasteiger partial charge in [-0.1, -0.05) is 20.8 Å². The summed E-state index contributed by atoms with van der Waals surface area (Å²) >= 11 is 0. The number of aromatic amines is 1. The zero-order chi connectivity index (χ0) is 16.7. The van der Waals surface area contributed by atoms with E-state index in [1.54, 1.807) is 26.0 Å². The number of sulfonamides is 1. The molecule has 1 aromatic heterocycles. The molecule has 0 fully saturated rings. The lowest BCUT2D eigenvalue weighted by Crippen LogP contribution is -2.32. The van der Waals surface area contributed by atoms with Crippen molar-refractivity contribution in [2.24, 2.45) is 5.41 Å². The van der Waals surface area contributed by atoms with Crippen molar-refractivity contribution in [3.63, 3.8) is 0 Å². The molecule has 1 aromatic carbocycles. The first-order valence-electron chi connectivity index (χ1n) is 7.13. The molecule has 0 atom stereocenters. The Morgan fingerprint density at radius 1 is 1.09 bits per heavy atom. The van der Waals surface area contributed by atoms with Gasteiger partial charge >= 0.3 is 0 Å². The SMILES string of the molecule is Cc1cc(=O)[nH]c2c(C)cc(S(=O)(=O)NCC(C)(C)C)cc12. The van der Waals surface area contributed by atoms with Crippen LogP contribution in [0.5, 0.6) is 0 Å². The van der Waals surface area contributed by atoms with Gasteiger partial charge in [-0.25, -0.2) is 13.1 Å². The highest BCUT2D eigenvalue weighted by molar-refractivity contribution is 7.89. The summed E-state index contributed by atoms with van der Waals surface area (Å²) in [6.45, 7) is 9.86. The minimum absolute atomic E-state index is 0.139. The average Bonchev–Trinajstić information content (AvgIpc) is 2.37. The van der Waals surface area contributed by atoms with Crippen molar-refractivity contribution in [1.29, 1.82) is 0 Å². The zero-order valence-electron chi connectivity index (χ0n) is 13.6. The number of nitrogens with one attached hydrogen (secondary N) is 2. The second-order valence-corrected chi connectivity index (χ2v) is 8.63. The number of H-pyrrole nitrogens is 1. The molecule has 0 unspecified atom stereocenters. The maximum absolute atomic E-state index is 12.5. The molecule has 0 saturated heterocycles. The number of hydrogen-bond donors (Lipinski definition) is 2. The van der Waals surface area contributed by atoms with Crippen molar-refractivity contribution in [2.75, 3.05) is 6.54 Å². The smallest absolute Gasteiger partial charge is 0.248 e. The van der Waals surface area contributed by atoms with Crippen LogP contribution in [-0.2, 0) is 10.0 Å². The molecule has 2 rings (SSSR count). The van der Waals surface area contributed by atoms with Crippen LogP contribution in [0.15, 0.2) is 27.9 Å². The summed E-state index contributed by atoms with van der Waals surface area (Å²) in [7, 11) is -3.58. The molecule has 5 nitrogen and oxygen atoms in total. The summed E-state index contributed by atoms with van der Waals surface area (Å²) in [5, 5.41) is 0.746. The van der Waals surface area contributed by atoms with E-state index >= 15 is 0 Å². The molecule has 0 aliphatic rings. The number of pyridine rings is 1. The maximum Gasteiger partial charge on any atom is 0.248 e. The van der Waals surface area contributed by atoms with Gasteiger partial charge in [-0.05, 0) is 42.5 Å². The summed E-state index contributed by atoms with van der Waals surface area (Å²) in [5.74, 6) is 0. The molecule has 22 heavy (non-hydrogen) atoms. The van der Waals surface area contributed by atoms with Gasteiger partial charge in [-0.2, -0.15) is 0 Å². The fourth-order valence-corrected chi connectivity index (χ4v) is 3.61. The number of fused-ring (bicyclic) bond motifs is 1. The predicted molar refractivity (Wildman–Crippen MR) is 88.7 cm³/mol. The number of aryl methyl sites for hydroxylation is 2. The number of rotatable bonds is 3. The third kappa shape index (κ3) is 3.56. The van der Waals surface area contributed by atoms with Crippen molar-refractivity contribution in [3.05, 3.63) is 39.7 Å². The van der Waals surface area contributed by atoms with E-state index in [0.29, 0.717) is 12.1 Å². The van der Waals surface area contributed by atoms with Crippen molar-refractivity contribution in [2.45, 2.75) is 39.5 Å². The largest absolute Gasteiger partial charge is 0.322 e. The third-order valence-corrected chi connectivity index (χ3v) is 4.81. The predicted octanol–water partition coefficient (Wildman–Crippen LogP) is 2.47. The molecule has 0 aliphatic carbocycles. The van der Waals surface area contributed by atoms with Crippen LogP contribution in [0.1, 0.15) is 31.9 Å². The van der Waals surface area contributed by atoms with Crippen molar-refractivity contribution in [3.8, 4) is 0 Å². The molecule has 0 spiro atoms. The highest BCUT2D eigenvalue weighted by Crippen LogP contribution is 2.23. The van der Waals surface area contributed by atoms with Crippen LogP contribution in [0.2, 0.25) is 0 Å². The molecule has 0 radical (unpaired) electrons. The monoisotopic (exact) mass is 322 g/mol. The molecule has 6 heteroatoms. The van der Waals surface area contributed by atoms with E-state index in [1.807, 2.05) is 20.8 Å². The zero-order valence-corrected chi connectivity index (χ0v) is 14.4. The lowest BCUT2D eigenvalue weighted by Gasteiger charge is -2.19. The number of aromatic nitrogens is 1. The van der Waals surface area contributed by atoms with Gasteiger partial charge < -0.3 is 4.98 Å². The Morgan fingerprint density at radius 3 is 2.32 bits per heavy atom. The van der Waals surface area contributed by atoms with Gasteiger partial charge in [0.1, 0.15) is 0 Å². The first-order chi connectivity index (χ1) is 9.99. The van der Waals surface area contributed by atoms with Gasteiger partial charge in [0.2, 0.25) is 15.6 Å². The van der Waals surface area contributed by atoms with E-state index in [2.05, 4.69) is 9.71 Å². The van der Waals surface area contributed by atoms with Crippen LogP contribution in [0.3, 0.4) is 0 Å². The standard InChI is InChI=1S/C16H22N2O3S/c1-10-7-14(19)18-15-11(2)6-12(8-13(10)15)22(20,21)17-9-16(3,4)5/h6-8,17H,9H2,1-5H3,(H,18,19). The van der Waals surface area contributed by atoms with Gasteiger partial charge in [0.15, 0.2) is 0 Å². The quantitative estimate of drug-likeness (QED) is 0.911. The van der Waals surface area contributed by atoms with Crippen LogP contribution in [0.25, 0.3) is 10.9 Å². The van der Waals surface area contributed by atoms with Crippen molar-refractivity contribution >= 4 is 20.9 Å². The molecule has 0 aliphatic heterocycles. The first kappa shape index (κ1) is 16.7. The highest BCUT2D eigenvalue weighted by Gasteiger charge is 2.20. The summed E-state index contributed by atoms with van der Waals surface area (Å²) in [6.07, 6.45) is 0. The minimum atomic E-state index is -3.58. The Kier molecular flexibility index (Phi) is 4.19. The molecule has 1 heterocycles. The van der Waals surface area contributed by atoms with E-state index in [9.17, 15) is 13.2 Å². The van der Waals surface area contributed by atoms with Crippen molar-refractivity contribution < 1.29 is 8.42 Å². The maximum atomic E-state index is 12.5. The molecule has 0 bridgehead atoms. The Labute approximate surface area is 130 Å². The van der Waals surface area contributed by atoms with E-state index in [4.69, 9.17) is 0 Å². The molecular weight excluding hydrogens is 300 g/mol. The lowest BCUT2D eigenvalue weighted by atomic mass is 9.98. The van der Waals surface area contributed by atoms with Crippen molar-refractivity contribution in [1.82, 2.24) is 9.71 Å². The van der Waals surface area contributed by atoms with E-state index in [1.165, 1.54) is 6.07 Å². The van der Waals surface area contributed by atoms with Gasteiger partial charge in [-0.3, -0.25) is 4.79 Å². The number of benzene rings is 1. The second kappa shape index (κ2) is 5.52. The molecule has 2 N–H and O–H groups in total. The van der Waals surface area contributed by atoms with Gasteiger partial charge in [-0.15, -0.1) is 0 Å². The Bertz CT molecular complexity index is 875. The van der Waals surface area contributed by atoms with Crippen LogP contribution < -0.4 is 10.3 Å². The Morgan fingerprint density at radius 2 is 1.73 bits per heavy atom. The van der Waals surface area contributed by atoms with Crippen LogP contribution >= 0.6 is 0 Å². The molecule has 2 aromatic rings. The molecule has 120 valence electrons. The van der Waals surface area contributed by atoms with Gasteiger partial charge in [0, 0.05) is 18.0 Å². The van der Waals surface area contributed by atoms with E-state index in [0.717, 1.165) is 16.5 Å². The Hall–Kier alpha value is -1.66. The minimum Gasteiger partial charge on any atom is -0.322 e. The molecule has 0 amide bonds. The normalized spacial score (nSPS) is 12.8. The van der Waals surface area contributed by atoms with Gasteiger partial charge in [0.25, 0.3) is 0 Å². The third-order valence-electron chi connectivity index (χ3n) is 3.43. The summed E-state index contributed by atoms with van der Waals surface area (Å²) in [4.78, 5) is 14.5. The fraction of sp³-hybridized carbons (Fsp3) is 0.438.